The van der Waals surface area contributed by atoms with Gasteiger partial charge in [-0.2, -0.15) is 0 Å². The first-order chi connectivity index (χ1) is 13.3. The molecule has 0 saturated heterocycles. The van der Waals surface area contributed by atoms with Gasteiger partial charge in [0.2, 0.25) is 0 Å². The minimum atomic E-state index is -3.68. The van der Waals surface area contributed by atoms with E-state index in [0.717, 1.165) is 17.7 Å². The Morgan fingerprint density at radius 2 is 1.61 bits per heavy atom. The summed E-state index contributed by atoms with van der Waals surface area (Å²) in [6, 6.07) is 13.8. The van der Waals surface area contributed by atoms with Crippen molar-refractivity contribution in [2.24, 2.45) is 0 Å². The van der Waals surface area contributed by atoms with Crippen LogP contribution in [0.5, 0.6) is 0 Å². The maximum atomic E-state index is 13.3. The van der Waals surface area contributed by atoms with E-state index in [1.54, 1.807) is 36.4 Å². The van der Waals surface area contributed by atoms with E-state index < -0.39 is 15.1 Å². The molecule has 0 unspecified atom stereocenters. The molecule has 0 heterocycles. The molecule has 28 heavy (non-hydrogen) atoms. The Morgan fingerprint density at radius 3 is 2.14 bits per heavy atom. The number of sulfone groups is 1. The summed E-state index contributed by atoms with van der Waals surface area (Å²) in [7, 11) is 0.175. The van der Waals surface area contributed by atoms with Crippen LogP contribution >= 0.6 is 0 Å². The van der Waals surface area contributed by atoms with Crippen molar-refractivity contribution in [2.45, 2.75) is 30.4 Å². The standard InChI is InChI=1S/C21H29N3O3S/c1-5-14-22-21(25)23-15-20(17-8-10-18(11-9-17)24(3)4)28(26,27)19-12-6-16(2)7-13-19/h6-13,20H,5,14-15H2,1-4H3,(H2,22,23,25)/t20-/m1/s1. The number of urea groups is 1. The average Bonchev–Trinajstić information content (AvgIpc) is 2.67. The first-order valence-corrected chi connectivity index (χ1v) is 10.9. The number of amides is 2. The minimum absolute atomic E-state index is 0.00688. The molecule has 0 aromatic heterocycles. The van der Waals surface area contributed by atoms with E-state index in [2.05, 4.69) is 10.6 Å². The van der Waals surface area contributed by atoms with Crippen molar-refractivity contribution in [3.8, 4) is 0 Å². The minimum Gasteiger partial charge on any atom is -0.378 e. The molecule has 2 amide bonds. The van der Waals surface area contributed by atoms with Gasteiger partial charge in [-0.1, -0.05) is 36.8 Å². The SMILES string of the molecule is CCCNC(=O)NC[C@H](c1ccc(N(C)C)cc1)S(=O)(=O)c1ccc(C)cc1. The third-order valence-corrected chi connectivity index (χ3v) is 6.61. The van der Waals surface area contributed by atoms with Crippen molar-refractivity contribution in [1.29, 1.82) is 0 Å². The summed E-state index contributed by atoms with van der Waals surface area (Å²) in [4.78, 5) is 14.2. The van der Waals surface area contributed by atoms with Crippen LogP contribution in [0.25, 0.3) is 0 Å². The molecule has 1 atom stereocenters. The van der Waals surface area contributed by atoms with Gasteiger partial charge >= 0.3 is 6.03 Å². The molecule has 152 valence electrons. The summed E-state index contributed by atoms with van der Waals surface area (Å²) in [6.45, 7) is 4.40. The van der Waals surface area contributed by atoms with Crippen LogP contribution in [0.3, 0.4) is 0 Å². The van der Waals surface area contributed by atoms with Gasteiger partial charge in [-0.25, -0.2) is 13.2 Å². The number of benzene rings is 2. The fourth-order valence-corrected chi connectivity index (χ4v) is 4.43. The second-order valence-electron chi connectivity index (χ2n) is 6.97. The lowest BCUT2D eigenvalue weighted by atomic mass is 10.1. The topological polar surface area (TPSA) is 78.5 Å². The molecule has 0 bridgehead atoms. The molecule has 0 aliphatic carbocycles. The maximum Gasteiger partial charge on any atom is 0.314 e. The number of aryl methyl sites for hydroxylation is 1. The molecule has 0 spiro atoms. The van der Waals surface area contributed by atoms with Crippen LogP contribution in [0, 0.1) is 6.92 Å². The number of nitrogens with one attached hydrogen (secondary N) is 2. The van der Waals surface area contributed by atoms with Crippen LogP contribution < -0.4 is 15.5 Å². The van der Waals surface area contributed by atoms with Crippen molar-refractivity contribution < 1.29 is 13.2 Å². The first-order valence-electron chi connectivity index (χ1n) is 9.35. The molecule has 0 fully saturated rings. The molecule has 2 aromatic rings. The molecule has 6 nitrogen and oxygen atoms in total. The summed E-state index contributed by atoms with van der Waals surface area (Å²) in [6.07, 6.45) is 0.810. The zero-order valence-corrected chi connectivity index (χ0v) is 17.7. The summed E-state index contributed by atoms with van der Waals surface area (Å²) in [5.74, 6) is 0. The molecule has 0 aliphatic rings. The van der Waals surface area contributed by atoms with Gasteiger partial charge in [0, 0.05) is 32.9 Å². The van der Waals surface area contributed by atoms with E-state index in [0.29, 0.717) is 12.1 Å². The summed E-state index contributed by atoms with van der Waals surface area (Å²) < 4.78 is 26.6. The number of nitrogens with zero attached hydrogens (tertiary/aromatic N) is 1. The van der Waals surface area contributed by atoms with Crippen molar-refractivity contribution in [1.82, 2.24) is 10.6 Å². The largest absolute Gasteiger partial charge is 0.378 e. The number of hydrogen-bond donors (Lipinski definition) is 2. The highest BCUT2D eigenvalue weighted by Gasteiger charge is 2.29. The van der Waals surface area contributed by atoms with Crippen LogP contribution in [0.4, 0.5) is 10.5 Å². The number of hydrogen-bond acceptors (Lipinski definition) is 4. The summed E-state index contributed by atoms with van der Waals surface area (Å²) >= 11 is 0. The van der Waals surface area contributed by atoms with Crippen LogP contribution in [-0.2, 0) is 9.84 Å². The van der Waals surface area contributed by atoms with Gasteiger partial charge in [0.15, 0.2) is 9.84 Å². The lowest BCUT2D eigenvalue weighted by Crippen LogP contribution is -2.39. The number of anilines is 1. The van der Waals surface area contributed by atoms with Crippen LogP contribution in [0.2, 0.25) is 0 Å². The molecule has 0 aliphatic heterocycles. The van der Waals surface area contributed by atoms with E-state index in [1.165, 1.54) is 0 Å². The van der Waals surface area contributed by atoms with Crippen molar-refractivity contribution in [2.75, 3.05) is 32.1 Å². The molecule has 2 rings (SSSR count). The van der Waals surface area contributed by atoms with Gasteiger partial charge < -0.3 is 15.5 Å². The highest BCUT2D eigenvalue weighted by atomic mass is 32.2. The van der Waals surface area contributed by atoms with E-state index in [1.807, 2.05) is 45.0 Å². The predicted molar refractivity (Wildman–Crippen MR) is 114 cm³/mol. The Bertz CT molecular complexity index is 876. The number of carbonyl (C=O) groups excluding carboxylic acids is 1. The van der Waals surface area contributed by atoms with Crippen molar-refractivity contribution >= 4 is 21.6 Å². The zero-order chi connectivity index (χ0) is 20.7. The van der Waals surface area contributed by atoms with Crippen LogP contribution in [0.1, 0.15) is 29.7 Å². The molecule has 0 saturated carbocycles. The van der Waals surface area contributed by atoms with Crippen molar-refractivity contribution in [3.05, 3.63) is 59.7 Å². The first kappa shape index (κ1) is 21.8. The number of carbonyl (C=O) groups is 1. The van der Waals surface area contributed by atoms with Gasteiger partial charge in [-0.15, -0.1) is 0 Å². The fraction of sp³-hybridized carbons (Fsp3) is 0.381. The van der Waals surface area contributed by atoms with Crippen molar-refractivity contribution in [3.63, 3.8) is 0 Å². The van der Waals surface area contributed by atoms with Crippen LogP contribution in [-0.4, -0.2) is 41.6 Å². The molecule has 2 N–H and O–H groups in total. The smallest absolute Gasteiger partial charge is 0.314 e. The van der Waals surface area contributed by atoms with Gasteiger partial charge in [0.1, 0.15) is 5.25 Å². The molecule has 0 radical (unpaired) electrons. The van der Waals surface area contributed by atoms with Gasteiger partial charge in [0.25, 0.3) is 0 Å². The molecule has 7 heteroatoms. The lowest BCUT2D eigenvalue weighted by Gasteiger charge is -2.20. The van der Waals surface area contributed by atoms with E-state index in [-0.39, 0.29) is 17.5 Å². The summed E-state index contributed by atoms with van der Waals surface area (Å²) in [5.41, 5.74) is 2.61. The Morgan fingerprint density at radius 1 is 1.00 bits per heavy atom. The Kier molecular flexibility index (Phi) is 7.45. The number of rotatable bonds is 8. The lowest BCUT2D eigenvalue weighted by molar-refractivity contribution is 0.241. The highest BCUT2D eigenvalue weighted by molar-refractivity contribution is 7.91. The third-order valence-electron chi connectivity index (χ3n) is 4.49. The molecule has 2 aromatic carbocycles. The van der Waals surface area contributed by atoms with Gasteiger partial charge in [-0.05, 0) is 43.2 Å². The maximum absolute atomic E-state index is 13.3. The fourth-order valence-electron chi connectivity index (χ4n) is 2.77. The second kappa shape index (κ2) is 9.59. The Hall–Kier alpha value is -2.54. The van der Waals surface area contributed by atoms with Gasteiger partial charge in [0.05, 0.1) is 4.90 Å². The predicted octanol–water partition coefficient (Wildman–Crippen LogP) is 3.29. The quantitative estimate of drug-likeness (QED) is 0.709. The summed E-state index contributed by atoms with van der Waals surface area (Å²) in [5, 5.41) is 4.54. The van der Waals surface area contributed by atoms with E-state index >= 15 is 0 Å². The monoisotopic (exact) mass is 403 g/mol. The Labute approximate surface area is 167 Å². The Balaban J connectivity index is 2.34. The zero-order valence-electron chi connectivity index (χ0n) is 16.9. The van der Waals surface area contributed by atoms with E-state index in [4.69, 9.17) is 0 Å². The average molecular weight is 404 g/mol. The highest BCUT2D eigenvalue weighted by Crippen LogP contribution is 2.30. The van der Waals surface area contributed by atoms with E-state index in [9.17, 15) is 13.2 Å². The molecular formula is C21H29N3O3S. The van der Waals surface area contributed by atoms with Gasteiger partial charge in [-0.3, -0.25) is 0 Å². The second-order valence-corrected chi connectivity index (χ2v) is 9.10. The normalized spacial score (nSPS) is 12.3. The van der Waals surface area contributed by atoms with Crippen LogP contribution in [0.15, 0.2) is 53.4 Å². The third kappa shape index (κ3) is 5.48. The molecular weight excluding hydrogens is 374 g/mol.